The molecule has 0 unspecified atom stereocenters. The van der Waals surface area contributed by atoms with Crippen molar-refractivity contribution >= 4 is 6.16 Å². The van der Waals surface area contributed by atoms with E-state index in [1.807, 2.05) is 55.5 Å². The van der Waals surface area contributed by atoms with Crippen LogP contribution in [0.25, 0.3) is 0 Å². The van der Waals surface area contributed by atoms with Crippen LogP contribution in [0.3, 0.4) is 0 Å². The van der Waals surface area contributed by atoms with Crippen molar-refractivity contribution in [1.29, 1.82) is 0 Å². The van der Waals surface area contributed by atoms with Gasteiger partial charge in [-0.15, -0.1) is 0 Å². The Morgan fingerprint density at radius 2 is 1.50 bits per heavy atom. The first kappa shape index (κ1) is 12.5. The van der Waals surface area contributed by atoms with Gasteiger partial charge in [0.05, 0.1) is 7.11 Å². The number of ether oxygens (including phenoxy) is 3. The van der Waals surface area contributed by atoms with Crippen LogP contribution in [0.15, 0.2) is 48.5 Å². The minimum absolute atomic E-state index is 0.678. The number of rotatable bonds is 1. The molecule has 4 heteroatoms. The van der Waals surface area contributed by atoms with Gasteiger partial charge in [-0.2, -0.15) is 0 Å². The maximum absolute atomic E-state index is 11.6. The van der Waals surface area contributed by atoms with E-state index in [9.17, 15) is 4.79 Å². The lowest BCUT2D eigenvalue weighted by molar-refractivity contribution is -0.00193. The molecule has 0 fully saturated rings. The molecule has 102 valence electrons. The smallest absolute Gasteiger partial charge is 0.456 e. The second-order valence-corrected chi connectivity index (χ2v) is 4.68. The van der Waals surface area contributed by atoms with Crippen molar-refractivity contribution in [3.05, 3.63) is 59.7 Å². The van der Waals surface area contributed by atoms with Gasteiger partial charge in [0.2, 0.25) is 0 Å². The zero-order valence-corrected chi connectivity index (χ0v) is 11.3. The Kier molecular flexibility index (Phi) is 2.86. The Hall–Kier alpha value is -2.49. The average Bonchev–Trinajstić information content (AvgIpc) is 2.47. The molecular weight excluding hydrogens is 256 g/mol. The van der Waals surface area contributed by atoms with Gasteiger partial charge in [-0.1, -0.05) is 36.4 Å². The van der Waals surface area contributed by atoms with E-state index in [1.165, 1.54) is 7.11 Å². The number of fused-ring (bicyclic) bond motifs is 2. The van der Waals surface area contributed by atoms with Crippen molar-refractivity contribution in [2.45, 2.75) is 12.5 Å². The summed E-state index contributed by atoms with van der Waals surface area (Å²) in [6.45, 7) is 1.84. The number of para-hydroxylation sites is 2. The second kappa shape index (κ2) is 4.56. The van der Waals surface area contributed by atoms with Crippen LogP contribution in [0, 0.1) is 0 Å². The molecule has 2 aromatic carbocycles. The van der Waals surface area contributed by atoms with Crippen molar-refractivity contribution in [3.8, 4) is 11.5 Å². The second-order valence-electron chi connectivity index (χ2n) is 4.68. The van der Waals surface area contributed by atoms with E-state index in [0.717, 1.165) is 11.1 Å². The van der Waals surface area contributed by atoms with Crippen molar-refractivity contribution in [3.63, 3.8) is 0 Å². The third kappa shape index (κ3) is 1.81. The number of hydrogen-bond acceptors (Lipinski definition) is 4. The summed E-state index contributed by atoms with van der Waals surface area (Å²) in [4.78, 5) is 11.6. The number of methoxy groups -OCH3 is 1. The molecule has 1 aliphatic rings. The average molecular weight is 270 g/mol. The number of carbonyl (C=O) groups is 1. The maximum atomic E-state index is 11.6. The molecule has 3 rings (SSSR count). The minimum atomic E-state index is -0.932. The third-order valence-electron chi connectivity index (χ3n) is 3.48. The van der Waals surface area contributed by atoms with Crippen LogP contribution >= 0.6 is 0 Å². The number of carbonyl (C=O) groups excluding carboxylic acids is 1. The van der Waals surface area contributed by atoms with Gasteiger partial charge < -0.3 is 14.2 Å². The third-order valence-corrected chi connectivity index (χ3v) is 3.48. The van der Waals surface area contributed by atoms with Gasteiger partial charge in [-0.25, -0.2) is 4.79 Å². The molecule has 1 heterocycles. The molecule has 0 atom stereocenters. The summed E-state index contributed by atoms with van der Waals surface area (Å²) in [5.41, 5.74) is 0.659. The molecule has 0 bridgehead atoms. The first-order valence-electron chi connectivity index (χ1n) is 6.29. The Labute approximate surface area is 116 Å². The molecule has 0 amide bonds. The van der Waals surface area contributed by atoms with E-state index in [2.05, 4.69) is 4.74 Å². The summed E-state index contributed by atoms with van der Waals surface area (Å²) in [6.07, 6.45) is -0.723. The molecule has 1 aliphatic heterocycles. The summed E-state index contributed by atoms with van der Waals surface area (Å²) >= 11 is 0. The van der Waals surface area contributed by atoms with Gasteiger partial charge in [0.15, 0.2) is 5.60 Å². The van der Waals surface area contributed by atoms with Gasteiger partial charge in [0.1, 0.15) is 11.5 Å². The van der Waals surface area contributed by atoms with Crippen LogP contribution in [0.5, 0.6) is 11.5 Å². The lowest BCUT2D eigenvalue weighted by Crippen LogP contribution is -2.33. The molecule has 0 aromatic heterocycles. The summed E-state index contributed by atoms with van der Waals surface area (Å²) in [5.74, 6) is 1.36. The maximum Gasteiger partial charge on any atom is 0.509 e. The van der Waals surface area contributed by atoms with Crippen LogP contribution in [-0.4, -0.2) is 13.3 Å². The SMILES string of the molecule is COC(=O)OC1(C)c2ccccc2Oc2ccccc21. The highest BCUT2D eigenvalue weighted by Crippen LogP contribution is 2.48. The van der Waals surface area contributed by atoms with Crippen molar-refractivity contribution in [2.75, 3.05) is 7.11 Å². The van der Waals surface area contributed by atoms with E-state index < -0.39 is 11.8 Å². The largest absolute Gasteiger partial charge is 0.509 e. The standard InChI is InChI=1S/C16H14O4/c1-16(20-15(17)18-2)11-7-3-5-9-13(11)19-14-10-6-4-8-12(14)16/h3-10H,1-2H3. The molecule has 2 aromatic rings. The first-order valence-corrected chi connectivity index (χ1v) is 6.29. The Bertz CT molecular complexity index is 618. The zero-order chi connectivity index (χ0) is 14.2. The Balaban J connectivity index is 2.19. The Morgan fingerprint density at radius 1 is 1.00 bits per heavy atom. The van der Waals surface area contributed by atoms with Gasteiger partial charge in [0, 0.05) is 11.1 Å². The van der Waals surface area contributed by atoms with Crippen LogP contribution < -0.4 is 4.74 Å². The van der Waals surface area contributed by atoms with Gasteiger partial charge in [-0.3, -0.25) is 0 Å². The molecule has 0 spiro atoms. The van der Waals surface area contributed by atoms with Crippen LogP contribution in [0.1, 0.15) is 18.1 Å². The zero-order valence-electron chi connectivity index (χ0n) is 11.3. The lowest BCUT2D eigenvalue weighted by atomic mass is 9.85. The molecule has 20 heavy (non-hydrogen) atoms. The molecule has 0 aliphatic carbocycles. The molecular formula is C16H14O4. The number of benzene rings is 2. The first-order chi connectivity index (χ1) is 9.65. The van der Waals surface area contributed by atoms with E-state index in [0.29, 0.717) is 11.5 Å². The number of hydrogen-bond donors (Lipinski definition) is 0. The lowest BCUT2D eigenvalue weighted by Gasteiger charge is -2.36. The fourth-order valence-electron chi connectivity index (χ4n) is 2.48. The van der Waals surface area contributed by atoms with Crippen molar-refractivity contribution in [1.82, 2.24) is 0 Å². The van der Waals surface area contributed by atoms with E-state index in [4.69, 9.17) is 9.47 Å². The van der Waals surface area contributed by atoms with E-state index >= 15 is 0 Å². The quantitative estimate of drug-likeness (QED) is 0.738. The summed E-state index contributed by atoms with van der Waals surface area (Å²) in [5, 5.41) is 0. The Morgan fingerprint density at radius 3 is 2.00 bits per heavy atom. The van der Waals surface area contributed by atoms with Crippen molar-refractivity contribution < 1.29 is 19.0 Å². The highest BCUT2D eigenvalue weighted by atomic mass is 16.7. The summed E-state index contributed by atoms with van der Waals surface area (Å²) < 4.78 is 16.0. The highest BCUT2D eigenvalue weighted by Gasteiger charge is 2.41. The topological polar surface area (TPSA) is 44.8 Å². The predicted molar refractivity (Wildman–Crippen MR) is 72.9 cm³/mol. The fraction of sp³-hybridized carbons (Fsp3) is 0.188. The highest BCUT2D eigenvalue weighted by molar-refractivity contribution is 5.64. The van der Waals surface area contributed by atoms with Crippen LogP contribution in [-0.2, 0) is 15.1 Å². The summed E-state index contributed by atoms with van der Waals surface area (Å²) in [7, 11) is 1.29. The van der Waals surface area contributed by atoms with Crippen LogP contribution in [0.4, 0.5) is 4.79 Å². The van der Waals surface area contributed by atoms with E-state index in [1.54, 1.807) is 0 Å². The molecule has 0 N–H and O–H groups in total. The fourth-order valence-corrected chi connectivity index (χ4v) is 2.48. The molecule has 4 nitrogen and oxygen atoms in total. The van der Waals surface area contributed by atoms with Crippen LogP contribution in [0.2, 0.25) is 0 Å². The van der Waals surface area contributed by atoms with Gasteiger partial charge >= 0.3 is 6.16 Å². The normalized spacial score (nSPS) is 14.5. The van der Waals surface area contributed by atoms with Crippen molar-refractivity contribution in [2.24, 2.45) is 0 Å². The monoisotopic (exact) mass is 270 g/mol. The predicted octanol–water partition coefficient (Wildman–Crippen LogP) is 3.84. The molecule has 0 radical (unpaired) electrons. The summed E-state index contributed by atoms with van der Waals surface area (Å²) in [6, 6.07) is 15.0. The molecule has 0 saturated heterocycles. The van der Waals surface area contributed by atoms with Gasteiger partial charge in [0.25, 0.3) is 0 Å². The molecule has 0 saturated carbocycles. The van der Waals surface area contributed by atoms with E-state index in [-0.39, 0.29) is 0 Å². The van der Waals surface area contributed by atoms with Gasteiger partial charge in [-0.05, 0) is 19.1 Å². The minimum Gasteiger partial charge on any atom is -0.456 e.